The highest BCUT2D eigenvalue weighted by Crippen LogP contribution is 2.07. The van der Waals surface area contributed by atoms with Gasteiger partial charge < -0.3 is 19.2 Å². The second kappa shape index (κ2) is 8.86. The highest BCUT2D eigenvalue weighted by Gasteiger charge is 2.14. The van der Waals surface area contributed by atoms with Crippen molar-refractivity contribution in [2.24, 2.45) is 0 Å². The van der Waals surface area contributed by atoms with E-state index in [1.165, 1.54) is 25.7 Å². The van der Waals surface area contributed by atoms with E-state index < -0.39 is 0 Å². The summed E-state index contributed by atoms with van der Waals surface area (Å²) in [6, 6.07) is 0. The molecule has 4 heteroatoms. The fourth-order valence-corrected chi connectivity index (χ4v) is 2.20. The number of hydrogen-bond donors (Lipinski definition) is 2. The van der Waals surface area contributed by atoms with Gasteiger partial charge in [0.25, 0.3) is 0 Å². The van der Waals surface area contributed by atoms with Crippen LogP contribution in [0.1, 0.15) is 25.7 Å². The van der Waals surface area contributed by atoms with Crippen molar-refractivity contribution in [3.8, 4) is 0 Å². The maximum Gasteiger partial charge on any atom is 0.102 e. The van der Waals surface area contributed by atoms with Crippen LogP contribution in [0.3, 0.4) is 0 Å². The van der Waals surface area contributed by atoms with Crippen molar-refractivity contribution in [2.75, 3.05) is 67.6 Å². The number of hydrogen-bond acceptors (Lipinski definition) is 2. The molecule has 0 aliphatic heterocycles. The molecule has 0 bridgehead atoms. The molecule has 2 N–H and O–H groups in total. The zero-order chi connectivity index (χ0) is 14.1. The van der Waals surface area contributed by atoms with Crippen LogP contribution in [0.15, 0.2) is 0 Å². The number of aliphatic hydroxyl groups is 2. The number of rotatable bonds is 11. The van der Waals surface area contributed by atoms with Gasteiger partial charge in [-0.05, 0) is 25.7 Å². The zero-order valence-electron chi connectivity index (χ0n) is 12.9. The lowest BCUT2D eigenvalue weighted by Gasteiger charge is -2.30. The van der Waals surface area contributed by atoms with E-state index in [4.69, 9.17) is 10.2 Å². The summed E-state index contributed by atoms with van der Waals surface area (Å²) < 4.78 is 1.84. The quantitative estimate of drug-likeness (QED) is 0.425. The Morgan fingerprint density at radius 1 is 0.556 bits per heavy atom. The van der Waals surface area contributed by atoms with E-state index >= 15 is 0 Å². The summed E-state index contributed by atoms with van der Waals surface area (Å²) in [6.45, 7) is 4.55. The van der Waals surface area contributed by atoms with Crippen LogP contribution in [-0.4, -0.2) is 86.8 Å². The Kier molecular flexibility index (Phi) is 8.78. The van der Waals surface area contributed by atoms with Crippen molar-refractivity contribution in [2.45, 2.75) is 25.7 Å². The lowest BCUT2D eigenvalue weighted by atomic mass is 10.1. The standard InChI is InChI=1S/C14H34N2O2/c1-15(2,11-13-17)9-7-5-6-8-10-16(3,4)12-14-18/h17-18H,5-14H2,1-4H3/q+2. The highest BCUT2D eigenvalue weighted by atomic mass is 16.3. The van der Waals surface area contributed by atoms with Crippen molar-refractivity contribution < 1.29 is 19.2 Å². The third kappa shape index (κ3) is 9.83. The Balaban J connectivity index is 3.52. The Labute approximate surface area is 113 Å². The van der Waals surface area contributed by atoms with Crippen molar-refractivity contribution in [1.82, 2.24) is 0 Å². The molecule has 0 rings (SSSR count). The van der Waals surface area contributed by atoms with Crippen LogP contribution < -0.4 is 0 Å². The third-order valence-electron chi connectivity index (χ3n) is 3.69. The largest absolute Gasteiger partial charge is 0.391 e. The molecule has 0 unspecified atom stereocenters. The second-order valence-corrected chi connectivity index (χ2v) is 6.63. The minimum Gasteiger partial charge on any atom is -0.391 e. The van der Waals surface area contributed by atoms with Gasteiger partial charge in [0.2, 0.25) is 0 Å². The highest BCUT2D eigenvalue weighted by molar-refractivity contribution is 4.44. The summed E-state index contributed by atoms with van der Waals surface area (Å²) in [5.74, 6) is 0. The fraction of sp³-hybridized carbons (Fsp3) is 1.00. The van der Waals surface area contributed by atoms with E-state index in [2.05, 4.69) is 28.2 Å². The Bertz CT molecular complexity index is 184. The summed E-state index contributed by atoms with van der Waals surface area (Å²) in [5.41, 5.74) is 0. The van der Waals surface area contributed by atoms with E-state index in [1.54, 1.807) is 0 Å². The molecule has 0 saturated heterocycles. The van der Waals surface area contributed by atoms with Gasteiger partial charge in [-0.15, -0.1) is 0 Å². The summed E-state index contributed by atoms with van der Waals surface area (Å²) in [5, 5.41) is 17.9. The van der Waals surface area contributed by atoms with Crippen molar-refractivity contribution in [1.29, 1.82) is 0 Å². The molecule has 0 aromatic rings. The molecule has 0 aromatic heterocycles. The molecule has 0 aliphatic carbocycles. The van der Waals surface area contributed by atoms with Crippen LogP contribution in [0, 0.1) is 0 Å². The van der Waals surface area contributed by atoms with Crippen LogP contribution in [0.5, 0.6) is 0 Å². The average molecular weight is 262 g/mol. The second-order valence-electron chi connectivity index (χ2n) is 6.63. The number of aliphatic hydroxyl groups excluding tert-OH is 2. The zero-order valence-corrected chi connectivity index (χ0v) is 12.9. The number of likely N-dealkylation sites (N-methyl/N-ethyl adjacent to an activating group) is 2. The summed E-state index contributed by atoms with van der Waals surface area (Å²) in [6.07, 6.45) is 5.01. The maximum absolute atomic E-state index is 8.94. The summed E-state index contributed by atoms with van der Waals surface area (Å²) >= 11 is 0. The third-order valence-corrected chi connectivity index (χ3v) is 3.69. The Morgan fingerprint density at radius 2 is 0.889 bits per heavy atom. The van der Waals surface area contributed by atoms with Crippen LogP contribution in [-0.2, 0) is 0 Å². The first-order chi connectivity index (χ1) is 8.33. The van der Waals surface area contributed by atoms with Gasteiger partial charge >= 0.3 is 0 Å². The minimum atomic E-state index is 0.278. The van der Waals surface area contributed by atoms with Gasteiger partial charge in [-0.2, -0.15) is 0 Å². The van der Waals surface area contributed by atoms with Crippen LogP contribution in [0.4, 0.5) is 0 Å². The van der Waals surface area contributed by atoms with Crippen molar-refractivity contribution in [3.05, 3.63) is 0 Å². The van der Waals surface area contributed by atoms with Gasteiger partial charge in [0.05, 0.1) is 54.5 Å². The van der Waals surface area contributed by atoms with Gasteiger partial charge in [0.15, 0.2) is 0 Å². The molecule has 4 nitrogen and oxygen atoms in total. The van der Waals surface area contributed by atoms with Crippen LogP contribution in [0.2, 0.25) is 0 Å². The van der Waals surface area contributed by atoms with Crippen molar-refractivity contribution in [3.63, 3.8) is 0 Å². The molecular weight excluding hydrogens is 228 g/mol. The van der Waals surface area contributed by atoms with Crippen LogP contribution >= 0.6 is 0 Å². The maximum atomic E-state index is 8.94. The minimum absolute atomic E-state index is 0.278. The van der Waals surface area contributed by atoms with Gasteiger partial charge in [-0.3, -0.25) is 0 Å². The molecule has 18 heavy (non-hydrogen) atoms. The fourth-order valence-electron chi connectivity index (χ4n) is 2.20. The molecule has 0 saturated carbocycles. The SMILES string of the molecule is C[N+](C)(CCO)CCCCCC[N+](C)(C)CCO. The monoisotopic (exact) mass is 262 g/mol. The first-order valence-electron chi connectivity index (χ1n) is 7.19. The van der Waals surface area contributed by atoms with E-state index in [0.29, 0.717) is 0 Å². The average Bonchev–Trinajstić information content (AvgIpc) is 2.22. The van der Waals surface area contributed by atoms with Gasteiger partial charge in [0.1, 0.15) is 13.1 Å². The number of nitrogens with zero attached hydrogens (tertiary/aromatic N) is 2. The molecule has 0 atom stereocenters. The smallest absolute Gasteiger partial charge is 0.102 e. The summed E-state index contributed by atoms with van der Waals surface area (Å²) in [4.78, 5) is 0. The molecule has 0 aromatic carbocycles. The van der Waals surface area contributed by atoms with E-state index in [0.717, 1.165) is 35.1 Å². The van der Waals surface area contributed by atoms with E-state index in [1.807, 2.05) is 0 Å². The van der Waals surface area contributed by atoms with Gasteiger partial charge in [-0.1, -0.05) is 0 Å². The first kappa shape index (κ1) is 17.8. The van der Waals surface area contributed by atoms with Gasteiger partial charge in [-0.25, -0.2) is 0 Å². The Hall–Kier alpha value is -0.160. The molecule has 0 heterocycles. The van der Waals surface area contributed by atoms with Crippen molar-refractivity contribution >= 4 is 0 Å². The lowest BCUT2D eigenvalue weighted by Crippen LogP contribution is -2.43. The molecule has 0 aliphatic rings. The molecule has 0 amide bonds. The predicted octanol–water partition coefficient (Wildman–Crippen LogP) is 0.684. The van der Waals surface area contributed by atoms with Gasteiger partial charge in [0, 0.05) is 0 Å². The number of quaternary nitrogens is 2. The topological polar surface area (TPSA) is 40.5 Å². The molecule has 110 valence electrons. The molecular formula is C14H34N2O2+2. The predicted molar refractivity (Wildman–Crippen MR) is 76.3 cm³/mol. The molecule has 0 spiro atoms. The van der Waals surface area contributed by atoms with E-state index in [-0.39, 0.29) is 13.2 Å². The summed E-state index contributed by atoms with van der Waals surface area (Å²) in [7, 11) is 8.71. The Morgan fingerprint density at radius 3 is 1.17 bits per heavy atom. The lowest BCUT2D eigenvalue weighted by molar-refractivity contribution is -0.891. The normalized spacial score (nSPS) is 13.0. The van der Waals surface area contributed by atoms with E-state index in [9.17, 15) is 0 Å². The number of unbranched alkanes of at least 4 members (excludes halogenated alkanes) is 3. The van der Waals surface area contributed by atoms with Crippen LogP contribution in [0.25, 0.3) is 0 Å². The first-order valence-corrected chi connectivity index (χ1v) is 7.19. The molecule has 0 radical (unpaired) electrons. The molecule has 0 fully saturated rings.